The number of carbonyl (C=O) groups is 2. The van der Waals surface area contributed by atoms with Gasteiger partial charge in [-0.3, -0.25) is 9.59 Å². The van der Waals surface area contributed by atoms with Gasteiger partial charge in [0.25, 0.3) is 0 Å². The van der Waals surface area contributed by atoms with Gasteiger partial charge in [-0.25, -0.2) is 4.98 Å². The maximum absolute atomic E-state index is 12.2. The molecule has 116 valence electrons. The van der Waals surface area contributed by atoms with E-state index in [1.54, 1.807) is 11.3 Å². The van der Waals surface area contributed by atoms with E-state index in [4.69, 9.17) is 5.11 Å². The summed E-state index contributed by atoms with van der Waals surface area (Å²) in [6, 6.07) is 5.62. The van der Waals surface area contributed by atoms with Gasteiger partial charge in [0.2, 0.25) is 5.91 Å². The molecule has 1 saturated carbocycles. The largest absolute Gasteiger partial charge is 0.481 e. The Morgan fingerprint density at radius 2 is 2.05 bits per heavy atom. The molecule has 1 aliphatic carbocycles. The first-order valence-electron chi connectivity index (χ1n) is 7.40. The van der Waals surface area contributed by atoms with Crippen LogP contribution in [0.15, 0.2) is 18.2 Å². The molecular weight excluding hydrogens is 300 g/mol. The van der Waals surface area contributed by atoms with Crippen molar-refractivity contribution in [3.05, 3.63) is 23.2 Å². The number of anilines is 1. The highest BCUT2D eigenvalue weighted by atomic mass is 32.1. The fraction of sp³-hybridized carbons (Fsp3) is 0.438. The van der Waals surface area contributed by atoms with Crippen LogP contribution < -0.4 is 5.32 Å². The number of benzene rings is 1. The van der Waals surface area contributed by atoms with Gasteiger partial charge in [0, 0.05) is 11.6 Å². The van der Waals surface area contributed by atoms with Crippen LogP contribution in [0.25, 0.3) is 10.2 Å². The number of carboxylic acids is 1. The van der Waals surface area contributed by atoms with Crippen molar-refractivity contribution < 1.29 is 14.7 Å². The number of fused-ring (bicyclic) bond motifs is 1. The molecule has 2 aromatic rings. The molecule has 0 spiro atoms. The highest BCUT2D eigenvalue weighted by Crippen LogP contribution is 2.36. The molecule has 0 saturated heterocycles. The number of hydrogen-bond acceptors (Lipinski definition) is 4. The van der Waals surface area contributed by atoms with Crippen LogP contribution in [0, 0.1) is 11.8 Å². The fourth-order valence-electron chi connectivity index (χ4n) is 2.61. The van der Waals surface area contributed by atoms with Gasteiger partial charge >= 0.3 is 5.97 Å². The van der Waals surface area contributed by atoms with Crippen molar-refractivity contribution in [3.63, 3.8) is 0 Å². The van der Waals surface area contributed by atoms with Crippen LogP contribution in [0.5, 0.6) is 0 Å². The van der Waals surface area contributed by atoms with E-state index in [0.717, 1.165) is 15.2 Å². The van der Waals surface area contributed by atoms with Crippen LogP contribution in [0.3, 0.4) is 0 Å². The van der Waals surface area contributed by atoms with E-state index in [1.165, 1.54) is 0 Å². The van der Waals surface area contributed by atoms with Crippen LogP contribution >= 0.6 is 11.3 Å². The third-order valence-electron chi connectivity index (χ3n) is 4.09. The Kier molecular flexibility index (Phi) is 3.87. The molecule has 1 aromatic heterocycles. The highest BCUT2D eigenvalue weighted by molar-refractivity contribution is 7.18. The van der Waals surface area contributed by atoms with Crippen LogP contribution in [-0.2, 0) is 9.59 Å². The first kappa shape index (κ1) is 15.0. The van der Waals surface area contributed by atoms with Crippen molar-refractivity contribution in [1.29, 1.82) is 0 Å². The third-order valence-corrected chi connectivity index (χ3v) is 5.41. The molecule has 6 heteroatoms. The number of amides is 1. The zero-order valence-corrected chi connectivity index (χ0v) is 13.3. The highest BCUT2D eigenvalue weighted by Gasteiger charge is 2.41. The molecule has 1 aromatic carbocycles. The Balaban J connectivity index is 1.76. The van der Waals surface area contributed by atoms with Crippen LogP contribution in [0.4, 0.5) is 5.69 Å². The van der Waals surface area contributed by atoms with E-state index in [0.29, 0.717) is 24.4 Å². The molecular formula is C16H18N2O3S. The van der Waals surface area contributed by atoms with Gasteiger partial charge in [-0.05, 0) is 31.0 Å². The lowest BCUT2D eigenvalue weighted by molar-refractivity contribution is -0.151. The maximum atomic E-state index is 12.2. The summed E-state index contributed by atoms with van der Waals surface area (Å²) < 4.78 is 1.03. The Morgan fingerprint density at radius 1 is 1.32 bits per heavy atom. The summed E-state index contributed by atoms with van der Waals surface area (Å²) in [4.78, 5) is 27.7. The predicted octanol–water partition coefficient (Wildman–Crippen LogP) is 3.47. The van der Waals surface area contributed by atoms with Crippen LogP contribution in [0.1, 0.15) is 37.6 Å². The van der Waals surface area contributed by atoms with Crippen molar-refractivity contribution in [2.45, 2.75) is 32.6 Å². The summed E-state index contributed by atoms with van der Waals surface area (Å²) >= 11 is 1.62. The van der Waals surface area contributed by atoms with Crippen molar-refractivity contribution in [3.8, 4) is 0 Å². The molecule has 1 heterocycles. The molecule has 0 aliphatic heterocycles. The summed E-state index contributed by atoms with van der Waals surface area (Å²) in [5.74, 6) is -1.67. The molecule has 0 bridgehead atoms. The van der Waals surface area contributed by atoms with Gasteiger partial charge in [0.15, 0.2) is 0 Å². The number of carboxylic acid groups (broad SMARTS) is 1. The van der Waals surface area contributed by atoms with Crippen LogP contribution in [-0.4, -0.2) is 22.0 Å². The van der Waals surface area contributed by atoms with Crippen LogP contribution in [0.2, 0.25) is 0 Å². The zero-order valence-electron chi connectivity index (χ0n) is 12.5. The number of hydrogen-bond donors (Lipinski definition) is 2. The molecule has 1 fully saturated rings. The van der Waals surface area contributed by atoms with Crippen molar-refractivity contribution in [2.75, 3.05) is 5.32 Å². The first-order valence-corrected chi connectivity index (χ1v) is 8.21. The fourth-order valence-corrected chi connectivity index (χ4v) is 3.62. The Labute approximate surface area is 132 Å². The monoisotopic (exact) mass is 318 g/mol. The molecule has 2 unspecified atom stereocenters. The minimum atomic E-state index is -0.883. The Bertz CT molecular complexity index is 738. The maximum Gasteiger partial charge on any atom is 0.307 e. The first-order chi connectivity index (χ1) is 10.5. The van der Waals surface area contributed by atoms with Gasteiger partial charge < -0.3 is 10.4 Å². The summed E-state index contributed by atoms with van der Waals surface area (Å²) in [6.07, 6.45) is 1.22. The molecule has 2 N–H and O–H groups in total. The molecule has 22 heavy (non-hydrogen) atoms. The van der Waals surface area contributed by atoms with Crippen molar-refractivity contribution in [1.82, 2.24) is 4.98 Å². The lowest BCUT2D eigenvalue weighted by Crippen LogP contribution is -2.41. The second kappa shape index (κ2) is 5.68. The number of rotatable bonds is 4. The summed E-state index contributed by atoms with van der Waals surface area (Å²) in [5, 5.41) is 12.9. The number of nitrogens with one attached hydrogen (secondary N) is 1. The second-order valence-corrected chi connectivity index (χ2v) is 7.07. The number of aromatic nitrogens is 1. The Hall–Kier alpha value is -1.95. The predicted molar refractivity (Wildman–Crippen MR) is 86.2 cm³/mol. The van der Waals surface area contributed by atoms with E-state index < -0.39 is 17.8 Å². The number of nitrogens with zero attached hydrogens (tertiary/aromatic N) is 1. The zero-order chi connectivity index (χ0) is 15.9. The van der Waals surface area contributed by atoms with E-state index >= 15 is 0 Å². The van der Waals surface area contributed by atoms with E-state index in [2.05, 4.69) is 24.1 Å². The second-order valence-electron chi connectivity index (χ2n) is 6.01. The molecule has 3 rings (SSSR count). The molecule has 1 aliphatic rings. The molecule has 1 amide bonds. The minimum Gasteiger partial charge on any atom is -0.481 e. The number of aliphatic carboxylic acids is 1. The van der Waals surface area contributed by atoms with Gasteiger partial charge in [0.1, 0.15) is 0 Å². The summed E-state index contributed by atoms with van der Waals surface area (Å²) in [6.45, 7) is 4.20. The van der Waals surface area contributed by atoms with Gasteiger partial charge in [-0.15, -0.1) is 11.3 Å². The van der Waals surface area contributed by atoms with Crippen molar-refractivity contribution >= 4 is 39.1 Å². The van der Waals surface area contributed by atoms with E-state index in [-0.39, 0.29) is 5.91 Å². The summed E-state index contributed by atoms with van der Waals surface area (Å²) in [7, 11) is 0. The van der Waals surface area contributed by atoms with Crippen molar-refractivity contribution in [2.24, 2.45) is 11.8 Å². The van der Waals surface area contributed by atoms with E-state index in [9.17, 15) is 9.59 Å². The number of thiazole rings is 1. The smallest absolute Gasteiger partial charge is 0.307 e. The topological polar surface area (TPSA) is 79.3 Å². The quantitative estimate of drug-likeness (QED) is 0.904. The summed E-state index contributed by atoms with van der Waals surface area (Å²) in [5.41, 5.74) is 1.63. The van der Waals surface area contributed by atoms with Gasteiger partial charge in [-0.2, -0.15) is 0 Å². The molecule has 5 nitrogen and oxygen atoms in total. The normalized spacial score (nSPS) is 20.9. The molecule has 2 atom stereocenters. The average molecular weight is 318 g/mol. The number of carbonyl (C=O) groups excluding carboxylic acids is 1. The third kappa shape index (κ3) is 2.70. The lowest BCUT2D eigenvalue weighted by atomic mass is 9.73. The standard InChI is InChI=1S/C16H18N2O3S/c1-8(2)15-18-12-6-3-9(7-13(12)22-15)17-14(19)10-4-5-11(10)16(20)21/h3,6-8,10-11H,4-5H2,1-2H3,(H,17,19)(H,20,21). The average Bonchev–Trinajstić information content (AvgIpc) is 2.79. The van der Waals surface area contributed by atoms with E-state index in [1.807, 2.05) is 18.2 Å². The van der Waals surface area contributed by atoms with Gasteiger partial charge in [-0.1, -0.05) is 13.8 Å². The SMILES string of the molecule is CC(C)c1nc2ccc(NC(=O)C3CCC3C(=O)O)cc2s1. The van der Waals surface area contributed by atoms with Gasteiger partial charge in [0.05, 0.1) is 27.1 Å². The lowest BCUT2D eigenvalue weighted by Gasteiger charge is -2.31. The Morgan fingerprint density at radius 3 is 2.64 bits per heavy atom. The minimum absolute atomic E-state index is 0.202. The molecule has 0 radical (unpaired) electrons.